The van der Waals surface area contributed by atoms with Crippen LogP contribution in [0.3, 0.4) is 0 Å². The number of hydrogen-bond donors (Lipinski definition) is 1. The molecule has 5 heteroatoms. The molecular formula is C23H25FN2O2. The van der Waals surface area contributed by atoms with Crippen LogP contribution in [-0.2, 0) is 13.1 Å². The molecule has 0 amide bonds. The molecule has 1 heterocycles. The number of rotatable bonds is 5. The number of halogens is 1. The first kappa shape index (κ1) is 18.7. The molecule has 0 bridgehead atoms. The SMILES string of the molecule is COc1ccc(CN2CCN(Cc3c(O)ccc4ccccc34)CC2)cc1F. The summed E-state index contributed by atoms with van der Waals surface area (Å²) < 4.78 is 18.9. The highest BCUT2D eigenvalue weighted by Gasteiger charge is 2.19. The predicted octanol–water partition coefficient (Wildman–Crippen LogP) is 4.01. The van der Waals surface area contributed by atoms with Gasteiger partial charge in [0, 0.05) is 44.8 Å². The van der Waals surface area contributed by atoms with E-state index in [4.69, 9.17) is 4.74 Å². The summed E-state index contributed by atoms with van der Waals surface area (Å²) in [7, 11) is 1.48. The zero-order valence-corrected chi connectivity index (χ0v) is 16.1. The van der Waals surface area contributed by atoms with Gasteiger partial charge in [-0.25, -0.2) is 4.39 Å². The van der Waals surface area contributed by atoms with E-state index in [0.29, 0.717) is 5.75 Å². The third-order valence-electron chi connectivity index (χ3n) is 5.48. The number of hydrogen-bond acceptors (Lipinski definition) is 4. The average Bonchev–Trinajstić information content (AvgIpc) is 2.72. The van der Waals surface area contributed by atoms with Crippen LogP contribution < -0.4 is 4.74 Å². The number of ether oxygens (including phenoxy) is 1. The lowest BCUT2D eigenvalue weighted by atomic mass is 10.0. The van der Waals surface area contributed by atoms with Gasteiger partial charge in [0.25, 0.3) is 0 Å². The van der Waals surface area contributed by atoms with Crippen LogP contribution in [0.2, 0.25) is 0 Å². The van der Waals surface area contributed by atoms with Crippen molar-refractivity contribution in [3.63, 3.8) is 0 Å². The second-order valence-electron chi connectivity index (χ2n) is 7.31. The summed E-state index contributed by atoms with van der Waals surface area (Å²) in [5.41, 5.74) is 1.95. The number of phenols is 1. The highest BCUT2D eigenvalue weighted by Crippen LogP contribution is 2.28. The molecule has 4 rings (SSSR count). The van der Waals surface area contributed by atoms with Gasteiger partial charge in [-0.1, -0.05) is 36.4 Å². The normalized spacial score (nSPS) is 15.8. The zero-order valence-electron chi connectivity index (χ0n) is 16.1. The molecule has 3 aromatic carbocycles. The second kappa shape index (κ2) is 8.17. The molecular weight excluding hydrogens is 355 g/mol. The maximum absolute atomic E-state index is 13.9. The van der Waals surface area contributed by atoms with E-state index in [1.54, 1.807) is 18.2 Å². The first-order valence-electron chi connectivity index (χ1n) is 9.61. The van der Waals surface area contributed by atoms with Crippen LogP contribution in [0.25, 0.3) is 10.8 Å². The number of nitrogens with zero attached hydrogens (tertiary/aromatic N) is 2. The number of fused-ring (bicyclic) bond motifs is 1. The van der Waals surface area contributed by atoms with Crippen LogP contribution in [-0.4, -0.2) is 48.2 Å². The molecule has 1 aliphatic rings. The Morgan fingerprint density at radius 2 is 1.64 bits per heavy atom. The molecule has 0 radical (unpaired) electrons. The van der Waals surface area contributed by atoms with E-state index in [1.165, 1.54) is 7.11 Å². The van der Waals surface area contributed by atoms with Crippen molar-refractivity contribution in [3.8, 4) is 11.5 Å². The second-order valence-corrected chi connectivity index (χ2v) is 7.31. The van der Waals surface area contributed by atoms with Crippen molar-refractivity contribution in [1.82, 2.24) is 9.80 Å². The van der Waals surface area contributed by atoms with Crippen LogP contribution in [0.15, 0.2) is 54.6 Å². The van der Waals surface area contributed by atoms with E-state index >= 15 is 0 Å². The van der Waals surface area contributed by atoms with Gasteiger partial charge in [0.1, 0.15) is 5.75 Å². The summed E-state index contributed by atoms with van der Waals surface area (Å²) in [6.07, 6.45) is 0. The minimum absolute atomic E-state index is 0.281. The van der Waals surface area contributed by atoms with Gasteiger partial charge < -0.3 is 9.84 Å². The molecule has 1 N–H and O–H groups in total. The smallest absolute Gasteiger partial charge is 0.165 e. The van der Waals surface area contributed by atoms with Crippen LogP contribution >= 0.6 is 0 Å². The summed E-state index contributed by atoms with van der Waals surface area (Å²) in [6.45, 7) is 5.13. The molecule has 4 nitrogen and oxygen atoms in total. The predicted molar refractivity (Wildman–Crippen MR) is 109 cm³/mol. The lowest BCUT2D eigenvalue weighted by molar-refractivity contribution is 0.121. The molecule has 0 atom stereocenters. The fourth-order valence-electron chi connectivity index (χ4n) is 3.89. The van der Waals surface area contributed by atoms with Gasteiger partial charge >= 0.3 is 0 Å². The average molecular weight is 380 g/mol. The Morgan fingerprint density at radius 1 is 0.929 bits per heavy atom. The molecule has 28 heavy (non-hydrogen) atoms. The molecule has 0 spiro atoms. The van der Waals surface area contributed by atoms with Crippen molar-refractivity contribution >= 4 is 10.8 Å². The standard InChI is InChI=1S/C23H25FN2O2/c1-28-23-9-6-17(14-21(23)24)15-25-10-12-26(13-11-25)16-20-19-5-3-2-4-18(19)7-8-22(20)27/h2-9,14,27H,10-13,15-16H2,1H3. The third-order valence-corrected chi connectivity index (χ3v) is 5.48. The largest absolute Gasteiger partial charge is 0.508 e. The van der Waals surface area contributed by atoms with E-state index in [2.05, 4.69) is 21.9 Å². The Morgan fingerprint density at radius 3 is 2.36 bits per heavy atom. The van der Waals surface area contributed by atoms with Crippen LogP contribution in [0.1, 0.15) is 11.1 Å². The van der Waals surface area contributed by atoms with Crippen molar-refractivity contribution in [2.75, 3.05) is 33.3 Å². The summed E-state index contributed by atoms with van der Waals surface area (Å²) in [6, 6.07) is 17.1. The number of phenolic OH excluding ortho intramolecular Hbond substituents is 1. The molecule has 0 saturated carbocycles. The number of benzene rings is 3. The van der Waals surface area contributed by atoms with E-state index in [9.17, 15) is 9.50 Å². The van der Waals surface area contributed by atoms with Crippen molar-refractivity contribution in [2.24, 2.45) is 0 Å². The number of piperazine rings is 1. The van der Waals surface area contributed by atoms with Gasteiger partial charge in [0.2, 0.25) is 0 Å². The Kier molecular flexibility index (Phi) is 5.46. The van der Waals surface area contributed by atoms with Gasteiger partial charge in [-0.15, -0.1) is 0 Å². The fourth-order valence-corrected chi connectivity index (χ4v) is 3.89. The first-order chi connectivity index (χ1) is 13.6. The maximum Gasteiger partial charge on any atom is 0.165 e. The van der Waals surface area contributed by atoms with Gasteiger partial charge in [-0.05, 0) is 34.5 Å². The maximum atomic E-state index is 13.9. The lowest BCUT2D eigenvalue weighted by Gasteiger charge is -2.35. The van der Waals surface area contributed by atoms with Crippen LogP contribution in [0.4, 0.5) is 4.39 Å². The molecule has 1 saturated heterocycles. The molecule has 0 unspecified atom stereocenters. The van der Waals surface area contributed by atoms with Crippen LogP contribution in [0.5, 0.6) is 11.5 Å². The molecule has 1 fully saturated rings. The molecule has 0 aliphatic carbocycles. The van der Waals surface area contributed by atoms with E-state index in [1.807, 2.05) is 24.3 Å². The van der Waals surface area contributed by atoms with Gasteiger partial charge in [-0.3, -0.25) is 9.80 Å². The highest BCUT2D eigenvalue weighted by molar-refractivity contribution is 5.87. The molecule has 3 aromatic rings. The minimum Gasteiger partial charge on any atom is -0.508 e. The van der Waals surface area contributed by atoms with E-state index in [-0.39, 0.29) is 11.6 Å². The number of methoxy groups -OCH3 is 1. The lowest BCUT2D eigenvalue weighted by Crippen LogP contribution is -2.45. The van der Waals surface area contributed by atoms with Gasteiger partial charge in [0.15, 0.2) is 11.6 Å². The highest BCUT2D eigenvalue weighted by atomic mass is 19.1. The van der Waals surface area contributed by atoms with Crippen molar-refractivity contribution in [3.05, 3.63) is 71.5 Å². The molecule has 1 aliphatic heterocycles. The number of aromatic hydroxyl groups is 1. The van der Waals surface area contributed by atoms with Crippen molar-refractivity contribution in [2.45, 2.75) is 13.1 Å². The Labute approximate surface area is 164 Å². The van der Waals surface area contributed by atoms with Gasteiger partial charge in [0.05, 0.1) is 7.11 Å². The van der Waals surface area contributed by atoms with E-state index in [0.717, 1.165) is 61.2 Å². The monoisotopic (exact) mass is 380 g/mol. The van der Waals surface area contributed by atoms with E-state index < -0.39 is 0 Å². The summed E-state index contributed by atoms with van der Waals surface area (Å²) >= 11 is 0. The summed E-state index contributed by atoms with van der Waals surface area (Å²) in [5, 5.41) is 12.6. The van der Waals surface area contributed by atoms with Crippen molar-refractivity contribution < 1.29 is 14.2 Å². The fraction of sp³-hybridized carbons (Fsp3) is 0.304. The van der Waals surface area contributed by atoms with Gasteiger partial charge in [-0.2, -0.15) is 0 Å². The minimum atomic E-state index is -0.315. The first-order valence-corrected chi connectivity index (χ1v) is 9.61. The Hall–Kier alpha value is -2.63. The van der Waals surface area contributed by atoms with Crippen LogP contribution in [0, 0.1) is 5.82 Å². The van der Waals surface area contributed by atoms with Crippen molar-refractivity contribution in [1.29, 1.82) is 0 Å². The topological polar surface area (TPSA) is 35.9 Å². The quantitative estimate of drug-likeness (QED) is 0.726. The Bertz CT molecular complexity index is 968. The summed E-state index contributed by atoms with van der Waals surface area (Å²) in [4.78, 5) is 4.70. The summed E-state index contributed by atoms with van der Waals surface area (Å²) in [5.74, 6) is 0.323. The molecule has 0 aromatic heterocycles. The Balaban J connectivity index is 1.39. The third kappa shape index (κ3) is 3.96. The zero-order chi connectivity index (χ0) is 19.5. The molecule has 146 valence electrons.